The van der Waals surface area contributed by atoms with E-state index in [0.29, 0.717) is 16.8 Å². The molecular formula is C35H53N5O5S. The minimum Gasteiger partial charge on any atom is -0.399 e. The highest BCUT2D eigenvalue weighted by Gasteiger charge is 2.41. The smallest absolute Gasteiger partial charge is 0.264 e. The molecule has 0 saturated carbocycles. The van der Waals surface area contributed by atoms with Gasteiger partial charge in [-0.2, -0.15) is 0 Å². The standard InChI is InChI=1S/C35H53N5O5S/c1-21(2)27(20-22(3)31(41)39-46(44,45)28-19-18-26(36)23(4)24(28)5)40(12)33(43)30(34(6,7)8)38-32(42)29(37-11)35(9,10)25-16-14-13-15-17-25/h13-21,27,29-30,37H,36H2,1-12H3,(H,38,42)(H,39,41)/b22-20+/t27-,29-,30?/m1/s1. The number of carbonyl (C=O) groups excluding carboxylic acids is 3. The minimum atomic E-state index is -4.19. The summed E-state index contributed by atoms with van der Waals surface area (Å²) < 4.78 is 28.4. The third-order valence-electron chi connectivity index (χ3n) is 8.74. The van der Waals surface area contributed by atoms with Crippen LogP contribution in [0.1, 0.15) is 72.1 Å². The van der Waals surface area contributed by atoms with E-state index < -0.39 is 44.9 Å². The Labute approximate surface area is 275 Å². The van der Waals surface area contributed by atoms with Gasteiger partial charge in [0.05, 0.1) is 17.0 Å². The van der Waals surface area contributed by atoms with Crippen LogP contribution in [0.2, 0.25) is 0 Å². The van der Waals surface area contributed by atoms with Gasteiger partial charge in [0.1, 0.15) is 6.04 Å². The molecular weight excluding hydrogens is 602 g/mol. The molecule has 0 aliphatic heterocycles. The average Bonchev–Trinajstić information content (AvgIpc) is 2.96. The lowest BCUT2D eigenvalue weighted by molar-refractivity contribution is -0.140. The largest absolute Gasteiger partial charge is 0.399 e. The normalized spacial score (nSPS) is 14.8. The van der Waals surface area contributed by atoms with Crippen LogP contribution in [-0.4, -0.2) is 63.3 Å². The lowest BCUT2D eigenvalue weighted by Gasteiger charge is -2.40. The monoisotopic (exact) mass is 655 g/mol. The van der Waals surface area contributed by atoms with Crippen LogP contribution in [0.15, 0.2) is 59.0 Å². The molecule has 0 aliphatic carbocycles. The van der Waals surface area contributed by atoms with Crippen molar-refractivity contribution in [2.45, 2.75) is 97.7 Å². The molecule has 0 aliphatic rings. The predicted molar refractivity (Wildman–Crippen MR) is 185 cm³/mol. The predicted octanol–water partition coefficient (Wildman–Crippen LogP) is 4.22. The molecule has 0 aromatic heterocycles. The van der Waals surface area contributed by atoms with E-state index >= 15 is 0 Å². The Balaban J connectivity index is 2.36. The number of carbonyl (C=O) groups is 3. The number of hydrogen-bond acceptors (Lipinski definition) is 7. The van der Waals surface area contributed by atoms with E-state index in [4.69, 9.17) is 5.73 Å². The van der Waals surface area contributed by atoms with Gasteiger partial charge >= 0.3 is 0 Å². The number of likely N-dealkylation sites (N-methyl/N-ethyl adjacent to an activating group) is 2. The van der Waals surface area contributed by atoms with Crippen molar-refractivity contribution in [1.29, 1.82) is 0 Å². The summed E-state index contributed by atoms with van der Waals surface area (Å²) in [6, 6.07) is 10.5. The van der Waals surface area contributed by atoms with Crippen molar-refractivity contribution in [1.82, 2.24) is 20.3 Å². The molecule has 3 atom stereocenters. The van der Waals surface area contributed by atoms with Crippen LogP contribution < -0.4 is 21.1 Å². The summed E-state index contributed by atoms with van der Waals surface area (Å²) in [5.41, 5.74) is 7.29. The maximum Gasteiger partial charge on any atom is 0.264 e. The topological polar surface area (TPSA) is 151 Å². The van der Waals surface area contributed by atoms with Crippen molar-refractivity contribution in [3.63, 3.8) is 0 Å². The number of amides is 3. The fraction of sp³-hybridized carbons (Fsp3) is 0.514. The first-order chi connectivity index (χ1) is 21.1. The first kappa shape index (κ1) is 38.5. The second kappa shape index (κ2) is 14.8. The number of sulfonamides is 1. The maximum atomic E-state index is 14.1. The number of anilines is 1. The van der Waals surface area contributed by atoms with Crippen molar-refractivity contribution >= 4 is 33.4 Å². The van der Waals surface area contributed by atoms with E-state index in [2.05, 4.69) is 15.4 Å². The van der Waals surface area contributed by atoms with Crippen molar-refractivity contribution < 1.29 is 22.8 Å². The first-order valence-corrected chi connectivity index (χ1v) is 17.0. The lowest BCUT2D eigenvalue weighted by atomic mass is 9.76. The van der Waals surface area contributed by atoms with E-state index in [-0.39, 0.29) is 28.2 Å². The fourth-order valence-electron chi connectivity index (χ4n) is 5.53. The summed E-state index contributed by atoms with van der Waals surface area (Å²) in [5, 5.41) is 6.16. The highest BCUT2D eigenvalue weighted by molar-refractivity contribution is 7.90. The Morgan fingerprint density at radius 1 is 0.913 bits per heavy atom. The summed E-state index contributed by atoms with van der Waals surface area (Å²) >= 11 is 0. The molecule has 2 rings (SSSR count). The molecule has 0 heterocycles. The van der Waals surface area contributed by atoms with Crippen LogP contribution in [-0.2, 0) is 29.8 Å². The zero-order valence-electron chi connectivity index (χ0n) is 29.4. The molecule has 10 nitrogen and oxygen atoms in total. The molecule has 0 radical (unpaired) electrons. The second-order valence-corrected chi connectivity index (χ2v) is 15.6. The van der Waals surface area contributed by atoms with Crippen molar-refractivity contribution in [3.05, 3.63) is 70.8 Å². The van der Waals surface area contributed by atoms with Gasteiger partial charge in [-0.3, -0.25) is 14.4 Å². The molecule has 0 bridgehead atoms. The van der Waals surface area contributed by atoms with Crippen molar-refractivity contribution in [2.24, 2.45) is 11.3 Å². The third kappa shape index (κ3) is 8.76. The lowest BCUT2D eigenvalue weighted by Crippen LogP contribution is -2.61. The van der Waals surface area contributed by atoms with Gasteiger partial charge in [0.2, 0.25) is 11.8 Å². The molecule has 1 unspecified atom stereocenters. The Bertz CT molecular complexity index is 1560. The molecule has 0 spiro atoms. The fourth-order valence-corrected chi connectivity index (χ4v) is 6.85. The first-order valence-electron chi connectivity index (χ1n) is 15.5. The molecule has 3 amide bonds. The van der Waals surface area contributed by atoms with E-state index in [1.807, 2.05) is 78.8 Å². The van der Waals surface area contributed by atoms with Gasteiger partial charge in [-0.05, 0) is 68.0 Å². The number of hydrogen-bond donors (Lipinski definition) is 4. The Morgan fingerprint density at radius 2 is 1.48 bits per heavy atom. The van der Waals surface area contributed by atoms with Gasteiger partial charge in [0.15, 0.2) is 0 Å². The van der Waals surface area contributed by atoms with Crippen molar-refractivity contribution in [3.8, 4) is 0 Å². The highest BCUT2D eigenvalue weighted by Crippen LogP contribution is 2.29. The molecule has 11 heteroatoms. The molecule has 46 heavy (non-hydrogen) atoms. The number of nitrogen functional groups attached to an aromatic ring is 1. The van der Waals surface area contributed by atoms with Crippen LogP contribution in [0.5, 0.6) is 0 Å². The van der Waals surface area contributed by atoms with Crippen LogP contribution in [0, 0.1) is 25.2 Å². The minimum absolute atomic E-state index is 0.0351. The van der Waals surface area contributed by atoms with Crippen LogP contribution in [0.3, 0.4) is 0 Å². The maximum absolute atomic E-state index is 14.1. The average molecular weight is 656 g/mol. The van der Waals surface area contributed by atoms with E-state index in [0.717, 1.165) is 5.56 Å². The Hall–Kier alpha value is -3.70. The van der Waals surface area contributed by atoms with Gasteiger partial charge in [-0.15, -0.1) is 0 Å². The second-order valence-electron chi connectivity index (χ2n) is 14.0. The van der Waals surface area contributed by atoms with Crippen LogP contribution in [0.25, 0.3) is 0 Å². The number of nitrogens with one attached hydrogen (secondary N) is 3. The zero-order valence-corrected chi connectivity index (χ0v) is 30.2. The van der Waals surface area contributed by atoms with E-state index in [1.54, 1.807) is 34.0 Å². The molecule has 2 aromatic rings. The summed E-state index contributed by atoms with van der Waals surface area (Å²) in [6.07, 6.45) is 1.59. The number of rotatable bonds is 12. The summed E-state index contributed by atoms with van der Waals surface area (Å²) in [5.74, 6) is -1.60. The van der Waals surface area contributed by atoms with Crippen molar-refractivity contribution in [2.75, 3.05) is 19.8 Å². The molecule has 254 valence electrons. The SMILES string of the molecule is CN[C@H](C(=O)NC(C(=O)N(C)[C@H](/C=C(\C)C(=O)NS(=O)(=O)c1ccc(N)c(C)c1C)C(C)C)C(C)(C)C)C(C)(C)c1ccccc1. The number of nitrogens with two attached hydrogens (primary N) is 1. The zero-order chi connectivity index (χ0) is 35.4. The summed E-state index contributed by atoms with van der Waals surface area (Å²) in [6.45, 7) is 18.3. The molecule has 0 saturated heterocycles. The third-order valence-corrected chi connectivity index (χ3v) is 10.2. The molecule has 5 N–H and O–H groups in total. The van der Waals surface area contributed by atoms with Gasteiger partial charge in [0, 0.05) is 23.7 Å². The Kier molecular flexibility index (Phi) is 12.4. The number of benzene rings is 2. The van der Waals surface area contributed by atoms with Gasteiger partial charge in [-0.25, -0.2) is 13.1 Å². The van der Waals surface area contributed by atoms with Gasteiger partial charge in [0.25, 0.3) is 15.9 Å². The summed E-state index contributed by atoms with van der Waals surface area (Å²) in [4.78, 5) is 42.5. The van der Waals surface area contributed by atoms with E-state index in [9.17, 15) is 22.8 Å². The molecule has 0 fully saturated rings. The van der Waals surface area contributed by atoms with Gasteiger partial charge < -0.3 is 21.3 Å². The van der Waals surface area contributed by atoms with Crippen LogP contribution in [0.4, 0.5) is 5.69 Å². The quantitative estimate of drug-likeness (QED) is 0.198. The van der Waals surface area contributed by atoms with Crippen LogP contribution >= 0.6 is 0 Å². The van der Waals surface area contributed by atoms with Gasteiger partial charge in [-0.1, -0.05) is 84.9 Å². The molecule has 2 aromatic carbocycles. The Morgan fingerprint density at radius 3 is 1.98 bits per heavy atom. The number of nitrogens with zero attached hydrogens (tertiary/aromatic N) is 1. The summed E-state index contributed by atoms with van der Waals surface area (Å²) in [7, 11) is -0.840. The highest BCUT2D eigenvalue weighted by atomic mass is 32.2. The van der Waals surface area contributed by atoms with E-state index in [1.165, 1.54) is 24.0 Å².